The molecule has 3 rings (SSSR count). The lowest BCUT2D eigenvalue weighted by Gasteiger charge is -2.13. The van der Waals surface area contributed by atoms with E-state index in [2.05, 4.69) is 10.6 Å². The summed E-state index contributed by atoms with van der Waals surface area (Å²) in [5.41, 5.74) is 1.97. The minimum Gasteiger partial charge on any atom is -0.478 e. The van der Waals surface area contributed by atoms with Gasteiger partial charge in [0.25, 0.3) is 0 Å². The SMILES string of the molecule is CCOC(=O)c1c(NC(=O)C(C)Sc2cccc(NC(=O)/C=C/C(=O)O)c2)sc2c1CCCCC2. The van der Waals surface area contributed by atoms with E-state index in [-0.39, 0.29) is 12.5 Å². The monoisotopic (exact) mass is 516 g/mol. The lowest BCUT2D eigenvalue weighted by atomic mass is 10.1. The van der Waals surface area contributed by atoms with Crippen LogP contribution in [0.5, 0.6) is 0 Å². The number of thiophene rings is 1. The van der Waals surface area contributed by atoms with Crippen LogP contribution in [-0.4, -0.2) is 40.7 Å². The van der Waals surface area contributed by atoms with Crippen LogP contribution in [0.25, 0.3) is 0 Å². The second kappa shape index (κ2) is 12.6. The number of ether oxygens (including phenoxy) is 1. The summed E-state index contributed by atoms with van der Waals surface area (Å²) in [6.45, 7) is 3.80. The van der Waals surface area contributed by atoms with Crippen molar-refractivity contribution in [2.45, 2.75) is 56.1 Å². The molecule has 35 heavy (non-hydrogen) atoms. The van der Waals surface area contributed by atoms with Crippen molar-refractivity contribution in [3.63, 3.8) is 0 Å². The van der Waals surface area contributed by atoms with Crippen LogP contribution in [0.4, 0.5) is 10.7 Å². The third-order valence-corrected chi connectivity index (χ3v) is 7.60. The zero-order valence-electron chi connectivity index (χ0n) is 19.6. The molecular formula is C25H28N2O6S2. The number of esters is 1. The fourth-order valence-electron chi connectivity index (χ4n) is 3.70. The Morgan fingerprint density at radius 2 is 1.91 bits per heavy atom. The Morgan fingerprint density at radius 1 is 1.14 bits per heavy atom. The van der Waals surface area contributed by atoms with E-state index >= 15 is 0 Å². The second-order valence-corrected chi connectivity index (χ2v) is 10.4. The number of hydrogen-bond acceptors (Lipinski definition) is 7. The number of carbonyl (C=O) groups excluding carboxylic acids is 3. The third-order valence-electron chi connectivity index (χ3n) is 5.30. The Morgan fingerprint density at radius 3 is 2.66 bits per heavy atom. The van der Waals surface area contributed by atoms with Gasteiger partial charge < -0.3 is 20.5 Å². The number of hydrogen-bond donors (Lipinski definition) is 3. The number of amides is 2. The van der Waals surface area contributed by atoms with E-state index in [4.69, 9.17) is 9.84 Å². The molecule has 8 nitrogen and oxygen atoms in total. The van der Waals surface area contributed by atoms with Crippen LogP contribution in [0.2, 0.25) is 0 Å². The van der Waals surface area contributed by atoms with Gasteiger partial charge in [0.15, 0.2) is 0 Å². The van der Waals surface area contributed by atoms with E-state index < -0.39 is 23.1 Å². The van der Waals surface area contributed by atoms with Crippen LogP contribution >= 0.6 is 23.1 Å². The Kier molecular flexibility index (Phi) is 9.50. The maximum Gasteiger partial charge on any atom is 0.341 e. The summed E-state index contributed by atoms with van der Waals surface area (Å²) in [6.07, 6.45) is 6.58. The first-order valence-electron chi connectivity index (χ1n) is 11.4. The van der Waals surface area contributed by atoms with Gasteiger partial charge in [-0.05, 0) is 63.3 Å². The molecule has 0 saturated carbocycles. The molecule has 0 spiro atoms. The lowest BCUT2D eigenvalue weighted by molar-refractivity contribution is -0.131. The number of fused-ring (bicyclic) bond motifs is 1. The molecular weight excluding hydrogens is 488 g/mol. The number of aliphatic carboxylic acids is 1. The van der Waals surface area contributed by atoms with Crippen molar-refractivity contribution in [3.05, 3.63) is 52.4 Å². The van der Waals surface area contributed by atoms with Crippen molar-refractivity contribution in [1.82, 2.24) is 0 Å². The minimum atomic E-state index is -1.21. The molecule has 1 atom stereocenters. The average Bonchev–Trinajstić information content (AvgIpc) is 2.98. The van der Waals surface area contributed by atoms with Crippen LogP contribution in [-0.2, 0) is 32.0 Å². The highest BCUT2D eigenvalue weighted by Crippen LogP contribution is 2.38. The summed E-state index contributed by atoms with van der Waals surface area (Å²) in [5, 5.41) is 14.2. The number of benzene rings is 1. The molecule has 1 aromatic carbocycles. The molecule has 2 aromatic rings. The van der Waals surface area contributed by atoms with Gasteiger partial charge in [-0.15, -0.1) is 23.1 Å². The van der Waals surface area contributed by atoms with Gasteiger partial charge in [-0.25, -0.2) is 9.59 Å². The van der Waals surface area contributed by atoms with E-state index in [1.54, 1.807) is 32.0 Å². The van der Waals surface area contributed by atoms with Gasteiger partial charge in [0.05, 0.1) is 17.4 Å². The Balaban J connectivity index is 1.71. The highest BCUT2D eigenvalue weighted by atomic mass is 32.2. The largest absolute Gasteiger partial charge is 0.478 e. The van der Waals surface area contributed by atoms with E-state index in [9.17, 15) is 19.2 Å². The molecule has 1 aliphatic carbocycles. The van der Waals surface area contributed by atoms with E-state index in [0.29, 0.717) is 16.3 Å². The smallest absolute Gasteiger partial charge is 0.341 e. The zero-order valence-corrected chi connectivity index (χ0v) is 21.2. The third kappa shape index (κ3) is 7.43. The number of nitrogens with one attached hydrogen (secondary N) is 2. The first-order chi connectivity index (χ1) is 16.8. The molecule has 1 unspecified atom stereocenters. The maximum atomic E-state index is 13.0. The Labute approximate surface area is 212 Å². The molecule has 0 bridgehead atoms. The fourth-order valence-corrected chi connectivity index (χ4v) is 5.91. The van der Waals surface area contributed by atoms with Crippen molar-refractivity contribution in [2.24, 2.45) is 0 Å². The van der Waals surface area contributed by atoms with Crippen LogP contribution in [0, 0.1) is 0 Å². The van der Waals surface area contributed by atoms with Gasteiger partial charge in [-0.3, -0.25) is 9.59 Å². The standard InChI is InChI=1S/C25H28N2O6S2/c1-3-33-25(32)22-18-10-5-4-6-11-19(18)35-24(22)27-23(31)15(2)34-17-9-7-8-16(14-17)26-20(28)12-13-21(29)30/h7-9,12-15H,3-6,10-11H2,1-2H3,(H,26,28)(H,27,31)(H,29,30)/b13-12+. The summed E-state index contributed by atoms with van der Waals surface area (Å²) in [7, 11) is 0. The normalized spacial score (nSPS) is 14.0. The molecule has 1 aliphatic rings. The van der Waals surface area contributed by atoms with Gasteiger partial charge in [0, 0.05) is 27.6 Å². The van der Waals surface area contributed by atoms with Crippen molar-refractivity contribution in [2.75, 3.05) is 17.2 Å². The quantitative estimate of drug-likeness (QED) is 0.188. The van der Waals surface area contributed by atoms with E-state index in [1.807, 2.05) is 6.07 Å². The second-order valence-electron chi connectivity index (χ2n) is 7.93. The Bertz CT molecular complexity index is 1140. The van der Waals surface area contributed by atoms with Gasteiger partial charge in [0.2, 0.25) is 11.8 Å². The van der Waals surface area contributed by atoms with Crippen molar-refractivity contribution in [1.29, 1.82) is 0 Å². The van der Waals surface area contributed by atoms with Crippen molar-refractivity contribution in [3.8, 4) is 0 Å². The Hall–Kier alpha value is -3.11. The summed E-state index contributed by atoms with van der Waals surface area (Å²) in [4.78, 5) is 50.0. The molecule has 1 heterocycles. The molecule has 10 heteroatoms. The van der Waals surface area contributed by atoms with Crippen LogP contribution in [0.3, 0.4) is 0 Å². The number of aryl methyl sites for hydroxylation is 1. The topological polar surface area (TPSA) is 122 Å². The maximum absolute atomic E-state index is 13.0. The summed E-state index contributed by atoms with van der Waals surface area (Å²) in [5.74, 6) is -2.42. The molecule has 0 fully saturated rings. The van der Waals surface area contributed by atoms with Gasteiger partial charge >= 0.3 is 11.9 Å². The first kappa shape index (κ1) is 26.5. The number of anilines is 2. The highest BCUT2D eigenvalue weighted by Gasteiger charge is 2.27. The molecule has 1 aromatic heterocycles. The van der Waals surface area contributed by atoms with E-state index in [0.717, 1.165) is 59.6 Å². The fraction of sp³-hybridized carbons (Fsp3) is 0.360. The molecule has 0 aliphatic heterocycles. The van der Waals surface area contributed by atoms with Crippen molar-refractivity contribution >= 4 is 57.5 Å². The molecule has 0 saturated heterocycles. The number of carboxylic acid groups (broad SMARTS) is 1. The number of rotatable bonds is 9. The predicted molar refractivity (Wildman–Crippen MR) is 137 cm³/mol. The molecule has 2 amide bonds. The molecule has 0 radical (unpaired) electrons. The lowest BCUT2D eigenvalue weighted by Crippen LogP contribution is -2.23. The first-order valence-corrected chi connectivity index (χ1v) is 13.1. The highest BCUT2D eigenvalue weighted by molar-refractivity contribution is 8.00. The van der Waals surface area contributed by atoms with Crippen LogP contribution in [0.15, 0.2) is 41.3 Å². The van der Waals surface area contributed by atoms with Crippen molar-refractivity contribution < 1.29 is 29.0 Å². The number of carbonyl (C=O) groups is 4. The van der Waals surface area contributed by atoms with Gasteiger partial charge in [-0.2, -0.15) is 0 Å². The average molecular weight is 517 g/mol. The summed E-state index contributed by atoms with van der Waals surface area (Å²) in [6, 6.07) is 6.93. The summed E-state index contributed by atoms with van der Waals surface area (Å²) < 4.78 is 5.29. The number of carboxylic acids is 1. The molecule has 3 N–H and O–H groups in total. The zero-order chi connectivity index (χ0) is 25.4. The predicted octanol–water partition coefficient (Wildman–Crippen LogP) is 4.89. The number of thioether (sulfide) groups is 1. The van der Waals surface area contributed by atoms with Crippen LogP contribution < -0.4 is 10.6 Å². The molecule has 186 valence electrons. The minimum absolute atomic E-state index is 0.240. The van der Waals surface area contributed by atoms with E-state index in [1.165, 1.54) is 23.1 Å². The van der Waals surface area contributed by atoms with Gasteiger partial charge in [-0.1, -0.05) is 12.5 Å². The van der Waals surface area contributed by atoms with Crippen LogP contribution in [0.1, 0.15) is 53.9 Å². The van der Waals surface area contributed by atoms with Gasteiger partial charge in [0.1, 0.15) is 5.00 Å². The summed E-state index contributed by atoms with van der Waals surface area (Å²) >= 11 is 2.77.